The molecule has 2 heteroatoms. The van der Waals surface area contributed by atoms with Gasteiger partial charge in [-0.25, -0.2) is 0 Å². The van der Waals surface area contributed by atoms with Crippen LogP contribution in [0.25, 0.3) is 0 Å². The largest absolute Gasteiger partial charge is 0.461 e. The average Bonchev–Trinajstić information content (AvgIpc) is 2.47. The number of hydrogen-bond donors (Lipinski definition) is 0. The van der Waals surface area contributed by atoms with Gasteiger partial charge in [0.1, 0.15) is 6.61 Å². The van der Waals surface area contributed by atoms with E-state index in [9.17, 15) is 4.79 Å². The van der Waals surface area contributed by atoms with Gasteiger partial charge in [-0.3, -0.25) is 4.79 Å². The van der Waals surface area contributed by atoms with Gasteiger partial charge in [-0.1, -0.05) is 24.8 Å². The normalized spacial score (nSPS) is 22.3. The molecule has 0 aromatic heterocycles. The third-order valence-electron chi connectivity index (χ3n) is 2.06. The third kappa shape index (κ3) is 2.22. The molecule has 0 aromatic carbocycles. The van der Waals surface area contributed by atoms with Crippen molar-refractivity contribution in [3.63, 3.8) is 0 Å². The summed E-state index contributed by atoms with van der Waals surface area (Å²) < 4.78 is 4.93. The topological polar surface area (TPSA) is 26.3 Å². The van der Waals surface area contributed by atoms with Crippen molar-refractivity contribution in [2.45, 2.75) is 19.3 Å². The molecule has 0 N–H and O–H groups in total. The van der Waals surface area contributed by atoms with Gasteiger partial charge in [-0.05, 0) is 19.3 Å². The molecule has 1 aliphatic carbocycles. The Morgan fingerprint density at radius 1 is 1.75 bits per heavy atom. The van der Waals surface area contributed by atoms with Crippen LogP contribution in [0.2, 0.25) is 0 Å². The molecule has 2 nitrogen and oxygen atoms in total. The Morgan fingerprint density at radius 3 is 3.00 bits per heavy atom. The van der Waals surface area contributed by atoms with E-state index in [0.29, 0.717) is 6.61 Å². The van der Waals surface area contributed by atoms with Gasteiger partial charge in [0.25, 0.3) is 0 Å². The number of hydrogen-bond acceptors (Lipinski definition) is 2. The van der Waals surface area contributed by atoms with Crippen LogP contribution in [0.15, 0.2) is 24.8 Å². The molecule has 1 atom stereocenters. The van der Waals surface area contributed by atoms with Gasteiger partial charge in [0.15, 0.2) is 0 Å². The van der Waals surface area contributed by atoms with Gasteiger partial charge in [0, 0.05) is 0 Å². The Bertz CT molecular complexity index is 206. The van der Waals surface area contributed by atoms with Crippen molar-refractivity contribution in [2.24, 2.45) is 5.92 Å². The SMILES string of the molecule is C=CCOC(=O)[C@@H]1CCC(=C)C1. The second-order valence-electron chi connectivity index (χ2n) is 3.11. The minimum atomic E-state index is -0.103. The Morgan fingerprint density at radius 2 is 2.50 bits per heavy atom. The van der Waals surface area contributed by atoms with Crippen LogP contribution in [0, 0.1) is 5.92 Å². The molecule has 0 bridgehead atoms. The van der Waals surface area contributed by atoms with E-state index < -0.39 is 0 Å². The number of ether oxygens (including phenoxy) is 1. The maximum absolute atomic E-state index is 11.2. The monoisotopic (exact) mass is 166 g/mol. The van der Waals surface area contributed by atoms with Gasteiger partial charge in [0.05, 0.1) is 5.92 Å². The van der Waals surface area contributed by atoms with E-state index in [2.05, 4.69) is 13.2 Å². The first kappa shape index (κ1) is 9.04. The molecule has 1 saturated carbocycles. The minimum absolute atomic E-state index is 0.0532. The zero-order valence-corrected chi connectivity index (χ0v) is 7.21. The lowest BCUT2D eigenvalue weighted by atomic mass is 10.1. The Hall–Kier alpha value is -1.05. The van der Waals surface area contributed by atoms with E-state index in [0.717, 1.165) is 24.8 Å². The first-order valence-electron chi connectivity index (χ1n) is 4.18. The number of rotatable bonds is 3. The molecule has 0 amide bonds. The van der Waals surface area contributed by atoms with Crippen LogP contribution in [0.4, 0.5) is 0 Å². The fraction of sp³-hybridized carbons (Fsp3) is 0.500. The summed E-state index contributed by atoms with van der Waals surface area (Å²) in [6, 6.07) is 0. The molecule has 1 aliphatic rings. The number of carbonyl (C=O) groups is 1. The molecular formula is C10H14O2. The fourth-order valence-electron chi connectivity index (χ4n) is 1.39. The van der Waals surface area contributed by atoms with Crippen LogP contribution < -0.4 is 0 Å². The van der Waals surface area contributed by atoms with E-state index in [1.54, 1.807) is 6.08 Å². The second-order valence-corrected chi connectivity index (χ2v) is 3.11. The van der Waals surface area contributed by atoms with E-state index in [-0.39, 0.29) is 11.9 Å². The highest BCUT2D eigenvalue weighted by molar-refractivity contribution is 5.73. The third-order valence-corrected chi connectivity index (χ3v) is 2.06. The van der Waals surface area contributed by atoms with E-state index >= 15 is 0 Å². The molecule has 0 radical (unpaired) electrons. The summed E-state index contributed by atoms with van der Waals surface area (Å²) in [5, 5.41) is 0. The first-order chi connectivity index (χ1) is 5.74. The van der Waals surface area contributed by atoms with Gasteiger partial charge in [-0.2, -0.15) is 0 Å². The van der Waals surface area contributed by atoms with Gasteiger partial charge >= 0.3 is 5.97 Å². The average molecular weight is 166 g/mol. The molecule has 0 spiro atoms. The van der Waals surface area contributed by atoms with Gasteiger partial charge in [0.2, 0.25) is 0 Å². The highest BCUT2D eigenvalue weighted by Gasteiger charge is 2.25. The molecule has 1 rings (SSSR count). The van der Waals surface area contributed by atoms with E-state index in [4.69, 9.17) is 4.74 Å². The van der Waals surface area contributed by atoms with Crippen molar-refractivity contribution in [1.82, 2.24) is 0 Å². The molecule has 66 valence electrons. The van der Waals surface area contributed by atoms with Crippen molar-refractivity contribution >= 4 is 5.97 Å². The number of esters is 1. The summed E-state index contributed by atoms with van der Waals surface area (Å²) in [7, 11) is 0. The number of allylic oxidation sites excluding steroid dienone is 1. The Kier molecular flexibility index (Phi) is 3.09. The van der Waals surface area contributed by atoms with Crippen molar-refractivity contribution in [2.75, 3.05) is 6.61 Å². The summed E-state index contributed by atoms with van der Waals surface area (Å²) in [5.74, 6) is -0.0500. The zero-order valence-electron chi connectivity index (χ0n) is 7.21. The molecule has 0 unspecified atom stereocenters. The molecule has 0 aromatic rings. The van der Waals surface area contributed by atoms with E-state index in [1.165, 1.54) is 0 Å². The van der Waals surface area contributed by atoms with Crippen molar-refractivity contribution in [3.05, 3.63) is 24.8 Å². The van der Waals surface area contributed by atoms with Crippen molar-refractivity contribution < 1.29 is 9.53 Å². The van der Waals surface area contributed by atoms with Crippen LogP contribution in [0.5, 0.6) is 0 Å². The van der Waals surface area contributed by atoms with Crippen LogP contribution in [0.1, 0.15) is 19.3 Å². The summed E-state index contributed by atoms with van der Waals surface area (Å²) in [6.07, 6.45) is 4.25. The molecule has 12 heavy (non-hydrogen) atoms. The first-order valence-corrected chi connectivity index (χ1v) is 4.18. The van der Waals surface area contributed by atoms with Gasteiger partial charge < -0.3 is 4.74 Å². The van der Waals surface area contributed by atoms with Crippen molar-refractivity contribution in [1.29, 1.82) is 0 Å². The predicted octanol–water partition coefficient (Wildman–Crippen LogP) is 2.07. The predicted molar refractivity (Wildman–Crippen MR) is 47.6 cm³/mol. The van der Waals surface area contributed by atoms with Crippen molar-refractivity contribution in [3.8, 4) is 0 Å². The maximum Gasteiger partial charge on any atom is 0.309 e. The molecular weight excluding hydrogens is 152 g/mol. The Labute approximate surface area is 72.9 Å². The fourth-order valence-corrected chi connectivity index (χ4v) is 1.39. The maximum atomic E-state index is 11.2. The summed E-state index contributed by atoms with van der Waals surface area (Å²) >= 11 is 0. The quantitative estimate of drug-likeness (QED) is 0.474. The lowest BCUT2D eigenvalue weighted by molar-refractivity contribution is -0.146. The lowest BCUT2D eigenvalue weighted by Crippen LogP contribution is -2.14. The van der Waals surface area contributed by atoms with Crippen LogP contribution in [0.3, 0.4) is 0 Å². The molecule has 1 fully saturated rings. The number of carbonyl (C=O) groups excluding carboxylic acids is 1. The second kappa shape index (κ2) is 4.10. The highest BCUT2D eigenvalue weighted by atomic mass is 16.5. The van der Waals surface area contributed by atoms with E-state index in [1.807, 2.05) is 0 Å². The molecule has 0 saturated heterocycles. The van der Waals surface area contributed by atoms with Gasteiger partial charge in [-0.15, -0.1) is 0 Å². The zero-order chi connectivity index (χ0) is 8.97. The Balaban J connectivity index is 2.32. The van der Waals surface area contributed by atoms with Crippen LogP contribution in [-0.4, -0.2) is 12.6 Å². The molecule has 0 aliphatic heterocycles. The summed E-state index contributed by atoms with van der Waals surface area (Å²) in [4.78, 5) is 11.2. The lowest BCUT2D eigenvalue weighted by Gasteiger charge is -2.06. The minimum Gasteiger partial charge on any atom is -0.461 e. The summed E-state index contributed by atoms with van der Waals surface area (Å²) in [6.45, 7) is 7.64. The molecule has 0 heterocycles. The summed E-state index contributed by atoms with van der Waals surface area (Å²) in [5.41, 5.74) is 1.16. The standard InChI is InChI=1S/C10H14O2/c1-3-6-12-10(11)9-5-4-8(2)7-9/h3,9H,1-2,4-7H2/t9-/m1/s1. The highest BCUT2D eigenvalue weighted by Crippen LogP contribution is 2.29. The van der Waals surface area contributed by atoms with Crippen LogP contribution in [-0.2, 0) is 9.53 Å². The smallest absolute Gasteiger partial charge is 0.309 e. The van der Waals surface area contributed by atoms with Crippen LogP contribution >= 0.6 is 0 Å².